The summed E-state index contributed by atoms with van der Waals surface area (Å²) in [5.74, 6) is 0.545. The van der Waals surface area contributed by atoms with Gasteiger partial charge in [-0.25, -0.2) is 0 Å². The number of halogens is 1. The minimum Gasteiger partial charge on any atom is -0.341 e. The van der Waals surface area contributed by atoms with Crippen molar-refractivity contribution < 1.29 is 14.1 Å². The first kappa shape index (κ1) is 11.7. The van der Waals surface area contributed by atoms with Gasteiger partial charge in [0.25, 0.3) is 5.91 Å². The summed E-state index contributed by atoms with van der Waals surface area (Å²) in [4.78, 5) is 20.7. The number of terminal acetylenes is 1. The Morgan fingerprint density at radius 1 is 1.62 bits per heavy atom. The number of rotatable bonds is 3. The van der Waals surface area contributed by atoms with E-state index in [9.17, 15) is 19.3 Å². The molecule has 1 amide bonds. The van der Waals surface area contributed by atoms with Crippen molar-refractivity contribution in [1.29, 1.82) is 0 Å². The molecule has 0 aliphatic heterocycles. The number of nitrogens with one attached hydrogen (secondary N) is 1. The maximum Gasteiger partial charge on any atom is 0.304 e. The fourth-order valence-electron chi connectivity index (χ4n) is 1.03. The lowest BCUT2D eigenvalue weighted by atomic mass is 10.2. The van der Waals surface area contributed by atoms with Gasteiger partial charge in [-0.15, -0.1) is 6.42 Å². The van der Waals surface area contributed by atoms with E-state index in [4.69, 9.17) is 6.42 Å². The van der Waals surface area contributed by atoms with Gasteiger partial charge in [0.2, 0.25) is 5.82 Å². The molecule has 82 valence electrons. The van der Waals surface area contributed by atoms with E-state index in [1.165, 1.54) is 0 Å². The summed E-state index contributed by atoms with van der Waals surface area (Å²) in [5, 5.41) is 12.6. The predicted molar refractivity (Wildman–Crippen MR) is 54.2 cm³/mol. The summed E-state index contributed by atoms with van der Waals surface area (Å²) in [7, 11) is 0. The average molecular weight is 221 g/mol. The largest absolute Gasteiger partial charge is 0.341 e. The number of carbonyl (C=O) groups excluding carboxylic acids is 1. The smallest absolute Gasteiger partial charge is 0.304 e. The third-order valence-corrected chi connectivity index (χ3v) is 1.76. The van der Waals surface area contributed by atoms with Crippen molar-refractivity contribution in [2.45, 2.75) is 0 Å². The van der Waals surface area contributed by atoms with Gasteiger partial charge in [0.1, 0.15) is 0 Å². The Bertz CT molecular complexity index is 479. The molecule has 0 saturated heterocycles. The van der Waals surface area contributed by atoms with Gasteiger partial charge in [-0.3, -0.25) is 14.9 Å². The number of carbonyl (C=O) groups is 1. The zero-order valence-electron chi connectivity index (χ0n) is 8.07. The molecule has 1 aromatic carbocycles. The Hall–Kier alpha value is -2.42. The highest BCUT2D eigenvalue weighted by molar-refractivity contribution is 5.94. The van der Waals surface area contributed by atoms with Crippen LogP contribution < -0.4 is 5.32 Å². The second kappa shape index (κ2) is 4.89. The maximum absolute atomic E-state index is 13.1. The van der Waals surface area contributed by atoms with Gasteiger partial charge in [-0.05, 0) is 12.1 Å². The zero-order chi connectivity index (χ0) is 12.1. The second-order valence-corrected chi connectivity index (χ2v) is 2.81. The van der Waals surface area contributed by atoms with Crippen molar-refractivity contribution in [3.63, 3.8) is 0 Å². The van der Waals surface area contributed by atoms with Crippen molar-refractivity contribution in [2.24, 2.45) is 0 Å². The molecule has 0 heterocycles. The van der Waals surface area contributed by atoms with E-state index in [1.807, 2.05) is 0 Å². The molecule has 16 heavy (non-hydrogen) atoms. The zero-order valence-corrected chi connectivity index (χ0v) is 8.07. The molecular formula is C10H7FN2O3. The van der Waals surface area contributed by atoms with E-state index in [2.05, 4.69) is 11.2 Å². The van der Waals surface area contributed by atoms with Crippen LogP contribution in [0.5, 0.6) is 0 Å². The van der Waals surface area contributed by atoms with Crippen LogP contribution in [0.25, 0.3) is 0 Å². The van der Waals surface area contributed by atoms with Crippen molar-refractivity contribution in [3.05, 3.63) is 39.7 Å². The molecular weight excluding hydrogens is 214 g/mol. The second-order valence-electron chi connectivity index (χ2n) is 2.81. The highest BCUT2D eigenvalue weighted by atomic mass is 18.2. The molecule has 0 saturated carbocycles. The van der Waals surface area contributed by atoms with Gasteiger partial charge in [0, 0.05) is 11.6 Å². The Morgan fingerprint density at radius 3 is 2.81 bits per heavy atom. The highest BCUT2D eigenvalue weighted by Gasteiger charge is 2.16. The minimum absolute atomic E-state index is 0.0113. The first-order valence-corrected chi connectivity index (χ1v) is 4.22. The molecule has 0 atom stereocenters. The quantitative estimate of drug-likeness (QED) is 0.472. The molecule has 0 radical (unpaired) electrons. The summed E-state index contributed by atoms with van der Waals surface area (Å²) in [6, 6.07) is 2.89. The van der Waals surface area contributed by atoms with Gasteiger partial charge in [0.15, 0.2) is 0 Å². The molecule has 0 spiro atoms. The Labute approximate surface area is 90.4 Å². The lowest BCUT2D eigenvalue weighted by molar-refractivity contribution is -0.387. The van der Waals surface area contributed by atoms with Gasteiger partial charge >= 0.3 is 5.69 Å². The van der Waals surface area contributed by atoms with E-state index >= 15 is 0 Å². The fourth-order valence-corrected chi connectivity index (χ4v) is 1.03. The minimum atomic E-state index is -1.06. The standard InChI is InChI=1S/C10H7FN2O3/c1-2-5-12-10(14)7-3-4-9(13(15)16)8(11)6-7/h1,3-4,6H,5H2,(H,12,14)/i11-1. The summed E-state index contributed by atoms with van der Waals surface area (Å²) >= 11 is 0. The number of nitro groups is 1. The summed E-state index contributed by atoms with van der Waals surface area (Å²) in [6.07, 6.45) is 4.92. The molecule has 0 aromatic heterocycles. The topological polar surface area (TPSA) is 72.2 Å². The maximum atomic E-state index is 13.1. The van der Waals surface area contributed by atoms with Crippen molar-refractivity contribution >= 4 is 11.6 Å². The van der Waals surface area contributed by atoms with Gasteiger partial charge in [0.05, 0.1) is 11.5 Å². The Morgan fingerprint density at radius 2 is 2.31 bits per heavy atom. The molecule has 0 aliphatic rings. The molecule has 0 bridgehead atoms. The number of hydrogen-bond donors (Lipinski definition) is 1. The SMILES string of the molecule is C#CCNC(=O)c1ccc([N+](=O)[O-])c([18F])c1. The molecule has 0 unspecified atom stereocenters. The summed E-state index contributed by atoms with van der Waals surface area (Å²) in [6.45, 7) is 0.0113. The fraction of sp³-hybridized carbons (Fsp3) is 0.100. The van der Waals surface area contributed by atoms with Crippen LogP contribution in [0.2, 0.25) is 0 Å². The van der Waals surface area contributed by atoms with Crippen LogP contribution in [0.3, 0.4) is 0 Å². The van der Waals surface area contributed by atoms with Crippen LogP contribution in [-0.2, 0) is 0 Å². The van der Waals surface area contributed by atoms with Crippen LogP contribution in [-0.4, -0.2) is 17.4 Å². The number of amides is 1. The van der Waals surface area contributed by atoms with Crippen molar-refractivity contribution in [2.75, 3.05) is 6.54 Å². The number of nitrogens with zero attached hydrogens (tertiary/aromatic N) is 1. The first-order valence-electron chi connectivity index (χ1n) is 4.22. The van der Waals surface area contributed by atoms with E-state index in [1.54, 1.807) is 0 Å². The molecule has 0 aliphatic carbocycles. The molecule has 0 fully saturated rings. The van der Waals surface area contributed by atoms with E-state index in [-0.39, 0.29) is 12.1 Å². The number of hydrogen-bond acceptors (Lipinski definition) is 3. The van der Waals surface area contributed by atoms with E-state index in [0.717, 1.165) is 18.2 Å². The lowest BCUT2D eigenvalue weighted by Crippen LogP contribution is -2.23. The van der Waals surface area contributed by atoms with Crippen molar-refractivity contribution in [1.82, 2.24) is 5.32 Å². The number of benzene rings is 1. The van der Waals surface area contributed by atoms with Crippen LogP contribution in [0, 0.1) is 28.3 Å². The third-order valence-electron chi connectivity index (χ3n) is 1.76. The van der Waals surface area contributed by atoms with Gasteiger partial charge < -0.3 is 5.32 Å². The van der Waals surface area contributed by atoms with Crippen LogP contribution in [0.4, 0.5) is 10.1 Å². The first-order chi connectivity index (χ1) is 7.56. The molecule has 1 aromatic rings. The summed E-state index contributed by atoms with van der Waals surface area (Å²) < 4.78 is 13.1. The van der Waals surface area contributed by atoms with E-state index < -0.39 is 22.3 Å². The average Bonchev–Trinajstić information content (AvgIpc) is 2.25. The normalized spacial score (nSPS) is 9.25. The van der Waals surface area contributed by atoms with Gasteiger partial charge in [-0.2, -0.15) is 4.39 Å². The van der Waals surface area contributed by atoms with Crippen LogP contribution in [0.1, 0.15) is 10.4 Å². The molecule has 1 N–H and O–H groups in total. The molecule has 1 rings (SSSR count). The van der Waals surface area contributed by atoms with Crippen LogP contribution in [0.15, 0.2) is 18.2 Å². The van der Waals surface area contributed by atoms with Crippen molar-refractivity contribution in [3.8, 4) is 12.3 Å². The van der Waals surface area contributed by atoms with E-state index in [0.29, 0.717) is 0 Å². The Kier molecular flexibility index (Phi) is 3.56. The highest BCUT2D eigenvalue weighted by Crippen LogP contribution is 2.17. The summed E-state index contributed by atoms with van der Waals surface area (Å²) in [5.41, 5.74) is -0.688. The predicted octanol–water partition coefficient (Wildman–Crippen LogP) is 1.10. The lowest BCUT2D eigenvalue weighted by Gasteiger charge is -2.01. The monoisotopic (exact) mass is 221 g/mol. The number of nitro benzene ring substituents is 1. The third kappa shape index (κ3) is 2.54. The molecule has 6 heteroatoms. The Balaban J connectivity index is 2.93. The van der Waals surface area contributed by atoms with Gasteiger partial charge in [-0.1, -0.05) is 5.92 Å². The van der Waals surface area contributed by atoms with Crippen LogP contribution >= 0.6 is 0 Å². The molecule has 5 nitrogen and oxygen atoms in total.